The number of hydrogen-bond donors (Lipinski definition) is 2. The first-order valence-electron chi connectivity index (χ1n) is 9.17. The standard InChI is InChI=1S/C22H23ClN4O/c1-14(2)11-19-22(27-21(28)12-15-3-7-17(23)8-4-15)25-13-20(26-19)16-5-9-18(24)10-6-16/h3-10,13-14H,11-12,24H2,1-2H3,(H,25,27,28). The lowest BCUT2D eigenvalue weighted by Crippen LogP contribution is -2.18. The summed E-state index contributed by atoms with van der Waals surface area (Å²) in [5.74, 6) is 0.747. The lowest BCUT2D eigenvalue weighted by molar-refractivity contribution is -0.115. The number of nitrogens with two attached hydrogens (primary N) is 1. The first-order valence-corrected chi connectivity index (χ1v) is 9.54. The van der Waals surface area contributed by atoms with Crippen molar-refractivity contribution in [3.63, 3.8) is 0 Å². The molecule has 0 fully saturated rings. The molecule has 144 valence electrons. The van der Waals surface area contributed by atoms with Gasteiger partial charge in [-0.05, 0) is 42.2 Å². The van der Waals surface area contributed by atoms with Gasteiger partial charge in [-0.15, -0.1) is 0 Å². The van der Waals surface area contributed by atoms with E-state index in [4.69, 9.17) is 22.3 Å². The van der Waals surface area contributed by atoms with Gasteiger partial charge in [0.2, 0.25) is 5.91 Å². The number of amides is 1. The van der Waals surface area contributed by atoms with Crippen LogP contribution in [0.15, 0.2) is 54.7 Å². The molecule has 0 spiro atoms. The highest BCUT2D eigenvalue weighted by molar-refractivity contribution is 6.30. The Hall–Kier alpha value is -2.92. The van der Waals surface area contributed by atoms with Crippen LogP contribution in [0.2, 0.25) is 5.02 Å². The van der Waals surface area contributed by atoms with Crippen molar-refractivity contribution in [2.75, 3.05) is 11.1 Å². The summed E-state index contributed by atoms with van der Waals surface area (Å²) in [6.45, 7) is 4.22. The van der Waals surface area contributed by atoms with Gasteiger partial charge in [0.1, 0.15) is 0 Å². The number of nitrogens with zero attached hydrogens (tertiary/aromatic N) is 2. The fourth-order valence-electron chi connectivity index (χ4n) is 2.82. The Kier molecular flexibility index (Phi) is 6.26. The van der Waals surface area contributed by atoms with E-state index in [9.17, 15) is 4.79 Å². The third-order valence-electron chi connectivity index (χ3n) is 4.19. The molecule has 28 heavy (non-hydrogen) atoms. The predicted molar refractivity (Wildman–Crippen MR) is 114 cm³/mol. The van der Waals surface area contributed by atoms with E-state index in [0.29, 0.717) is 28.9 Å². The van der Waals surface area contributed by atoms with E-state index < -0.39 is 0 Å². The van der Waals surface area contributed by atoms with Crippen LogP contribution in [0.5, 0.6) is 0 Å². The molecule has 0 aliphatic heterocycles. The Morgan fingerprint density at radius 3 is 2.43 bits per heavy atom. The molecule has 0 unspecified atom stereocenters. The maximum absolute atomic E-state index is 12.5. The maximum Gasteiger partial charge on any atom is 0.229 e. The van der Waals surface area contributed by atoms with Gasteiger partial charge in [0.15, 0.2) is 5.82 Å². The molecule has 1 aromatic heterocycles. The number of aromatic nitrogens is 2. The van der Waals surface area contributed by atoms with Gasteiger partial charge in [-0.3, -0.25) is 4.79 Å². The van der Waals surface area contributed by atoms with Crippen molar-refractivity contribution >= 4 is 29.0 Å². The number of anilines is 2. The van der Waals surface area contributed by atoms with E-state index in [1.54, 1.807) is 18.3 Å². The third-order valence-corrected chi connectivity index (χ3v) is 4.44. The molecule has 2 aromatic carbocycles. The van der Waals surface area contributed by atoms with E-state index in [1.807, 2.05) is 36.4 Å². The Morgan fingerprint density at radius 2 is 1.79 bits per heavy atom. The monoisotopic (exact) mass is 394 g/mol. The summed E-state index contributed by atoms with van der Waals surface area (Å²) < 4.78 is 0. The Bertz CT molecular complexity index is 953. The molecular weight excluding hydrogens is 372 g/mol. The zero-order valence-corrected chi connectivity index (χ0v) is 16.7. The van der Waals surface area contributed by atoms with Gasteiger partial charge in [-0.1, -0.05) is 49.7 Å². The Morgan fingerprint density at radius 1 is 1.11 bits per heavy atom. The van der Waals surface area contributed by atoms with Crippen LogP contribution in [-0.2, 0) is 17.6 Å². The number of carbonyl (C=O) groups excluding carboxylic acids is 1. The van der Waals surface area contributed by atoms with Crippen molar-refractivity contribution in [2.24, 2.45) is 5.92 Å². The van der Waals surface area contributed by atoms with Crippen molar-refractivity contribution < 1.29 is 4.79 Å². The molecule has 6 heteroatoms. The molecule has 0 radical (unpaired) electrons. The fourth-order valence-corrected chi connectivity index (χ4v) is 2.94. The summed E-state index contributed by atoms with van der Waals surface area (Å²) in [6, 6.07) is 14.7. The summed E-state index contributed by atoms with van der Waals surface area (Å²) in [4.78, 5) is 21.7. The summed E-state index contributed by atoms with van der Waals surface area (Å²) >= 11 is 5.90. The number of hydrogen-bond acceptors (Lipinski definition) is 4. The van der Waals surface area contributed by atoms with Crippen molar-refractivity contribution in [3.05, 3.63) is 71.0 Å². The average Bonchev–Trinajstić information content (AvgIpc) is 2.65. The molecule has 1 heterocycles. The molecule has 1 amide bonds. The highest BCUT2D eigenvalue weighted by atomic mass is 35.5. The highest BCUT2D eigenvalue weighted by Gasteiger charge is 2.14. The van der Waals surface area contributed by atoms with Crippen LogP contribution in [-0.4, -0.2) is 15.9 Å². The summed E-state index contributed by atoms with van der Waals surface area (Å²) in [6.07, 6.45) is 2.64. The molecule has 0 saturated carbocycles. The topological polar surface area (TPSA) is 80.9 Å². The zero-order chi connectivity index (χ0) is 20.1. The van der Waals surface area contributed by atoms with E-state index >= 15 is 0 Å². The zero-order valence-electron chi connectivity index (χ0n) is 15.9. The number of carbonyl (C=O) groups is 1. The average molecular weight is 395 g/mol. The minimum absolute atomic E-state index is 0.137. The van der Waals surface area contributed by atoms with Gasteiger partial charge in [0, 0.05) is 16.3 Å². The van der Waals surface area contributed by atoms with Crippen molar-refractivity contribution in [3.8, 4) is 11.3 Å². The molecule has 0 saturated heterocycles. The number of benzene rings is 2. The van der Waals surface area contributed by atoms with Crippen molar-refractivity contribution in [1.29, 1.82) is 0 Å². The molecule has 0 bridgehead atoms. The van der Waals surface area contributed by atoms with Crippen LogP contribution in [0, 0.1) is 5.92 Å². The van der Waals surface area contributed by atoms with Gasteiger partial charge < -0.3 is 11.1 Å². The van der Waals surface area contributed by atoms with E-state index in [2.05, 4.69) is 24.1 Å². The molecule has 3 rings (SSSR count). The second-order valence-electron chi connectivity index (χ2n) is 7.12. The SMILES string of the molecule is CC(C)Cc1nc(-c2ccc(N)cc2)cnc1NC(=O)Cc1ccc(Cl)cc1. The molecular formula is C22H23ClN4O. The summed E-state index contributed by atoms with van der Waals surface area (Å²) in [7, 11) is 0. The number of rotatable bonds is 6. The second kappa shape index (κ2) is 8.85. The second-order valence-corrected chi connectivity index (χ2v) is 7.56. The van der Waals surface area contributed by atoms with Crippen LogP contribution >= 0.6 is 11.6 Å². The molecule has 5 nitrogen and oxygen atoms in total. The van der Waals surface area contributed by atoms with Crippen LogP contribution in [0.25, 0.3) is 11.3 Å². The summed E-state index contributed by atoms with van der Waals surface area (Å²) in [5, 5.41) is 3.55. The molecule has 3 aromatic rings. The van der Waals surface area contributed by atoms with Gasteiger partial charge in [0.25, 0.3) is 0 Å². The lowest BCUT2D eigenvalue weighted by Gasteiger charge is -2.13. The Labute approximate surface area is 170 Å². The van der Waals surface area contributed by atoms with Gasteiger partial charge in [-0.2, -0.15) is 0 Å². The molecule has 0 aliphatic carbocycles. The minimum atomic E-state index is -0.137. The van der Waals surface area contributed by atoms with Crippen molar-refractivity contribution in [2.45, 2.75) is 26.7 Å². The highest BCUT2D eigenvalue weighted by Crippen LogP contribution is 2.22. The van der Waals surface area contributed by atoms with Crippen molar-refractivity contribution in [1.82, 2.24) is 9.97 Å². The van der Waals surface area contributed by atoms with Crippen LogP contribution in [0.4, 0.5) is 11.5 Å². The van der Waals surface area contributed by atoms with Gasteiger partial charge >= 0.3 is 0 Å². The maximum atomic E-state index is 12.5. The number of nitrogens with one attached hydrogen (secondary N) is 1. The third kappa shape index (κ3) is 5.30. The number of nitrogen functional groups attached to an aromatic ring is 1. The van der Waals surface area contributed by atoms with E-state index in [-0.39, 0.29) is 12.3 Å². The van der Waals surface area contributed by atoms with Crippen LogP contribution < -0.4 is 11.1 Å². The number of halogens is 1. The summed E-state index contributed by atoms with van der Waals surface area (Å²) in [5.41, 5.74) is 9.81. The van der Waals surface area contributed by atoms with Gasteiger partial charge in [0.05, 0.1) is 24.0 Å². The van der Waals surface area contributed by atoms with Gasteiger partial charge in [-0.25, -0.2) is 9.97 Å². The normalized spacial score (nSPS) is 10.9. The largest absolute Gasteiger partial charge is 0.399 e. The fraction of sp³-hybridized carbons (Fsp3) is 0.227. The minimum Gasteiger partial charge on any atom is -0.399 e. The predicted octanol–water partition coefficient (Wildman–Crippen LogP) is 4.76. The Balaban J connectivity index is 1.81. The smallest absolute Gasteiger partial charge is 0.229 e. The van der Waals surface area contributed by atoms with Crippen LogP contribution in [0.3, 0.4) is 0 Å². The lowest BCUT2D eigenvalue weighted by atomic mass is 10.1. The van der Waals surface area contributed by atoms with Crippen LogP contribution in [0.1, 0.15) is 25.1 Å². The molecule has 3 N–H and O–H groups in total. The van der Waals surface area contributed by atoms with E-state index in [0.717, 1.165) is 22.5 Å². The quantitative estimate of drug-likeness (QED) is 0.590. The molecule has 0 aliphatic rings. The first kappa shape index (κ1) is 19.8. The molecule has 0 atom stereocenters. The van der Waals surface area contributed by atoms with E-state index in [1.165, 1.54) is 0 Å². The first-order chi connectivity index (χ1) is 13.4.